The van der Waals surface area contributed by atoms with E-state index in [1.54, 1.807) is 18.2 Å². The van der Waals surface area contributed by atoms with Gasteiger partial charge in [0.05, 0.1) is 0 Å². The van der Waals surface area contributed by atoms with Gasteiger partial charge >= 0.3 is 12.1 Å². The number of nitrogens with zero attached hydrogens (tertiary/aromatic N) is 1. The Morgan fingerprint density at radius 3 is 2.19 bits per heavy atom. The summed E-state index contributed by atoms with van der Waals surface area (Å²) < 4.78 is 44.5. The quantitative estimate of drug-likeness (QED) is 0.482. The van der Waals surface area contributed by atoms with Crippen molar-refractivity contribution in [1.82, 2.24) is 4.98 Å². The van der Waals surface area contributed by atoms with Crippen LogP contribution in [0.25, 0.3) is 11.1 Å². The topological polar surface area (TPSA) is 76.2 Å². The Morgan fingerprint density at radius 1 is 1.14 bits per heavy atom. The number of aromatic nitrogens is 1. The number of aliphatic carboxylic acids is 1. The van der Waals surface area contributed by atoms with E-state index in [9.17, 15) is 17.6 Å². The van der Waals surface area contributed by atoms with Crippen molar-refractivity contribution in [2.45, 2.75) is 6.18 Å². The molecule has 21 heavy (non-hydrogen) atoms. The number of nitrogens with two attached hydrogens (primary N) is 1. The van der Waals surface area contributed by atoms with Crippen LogP contribution in [0.1, 0.15) is 0 Å². The van der Waals surface area contributed by atoms with Crippen LogP contribution in [0.4, 0.5) is 23.2 Å². The number of anilines is 1. The third-order valence-corrected chi connectivity index (χ3v) is 2.19. The number of carboxylic acid groups (broad SMARTS) is 1. The van der Waals surface area contributed by atoms with Crippen LogP contribution in [0.3, 0.4) is 0 Å². The van der Waals surface area contributed by atoms with E-state index in [1.165, 1.54) is 12.3 Å². The lowest BCUT2D eigenvalue weighted by atomic mass is 10.1. The lowest BCUT2D eigenvalue weighted by Gasteiger charge is -2.01. The minimum Gasteiger partial charge on any atom is -0.475 e. The van der Waals surface area contributed by atoms with Gasteiger partial charge in [-0.2, -0.15) is 17.6 Å². The molecule has 2 aromatic rings. The maximum atomic E-state index is 12.8. The summed E-state index contributed by atoms with van der Waals surface area (Å²) in [6.07, 6.45) is -3.64. The van der Waals surface area contributed by atoms with Crippen molar-refractivity contribution >= 4 is 11.7 Å². The van der Waals surface area contributed by atoms with Crippen molar-refractivity contribution < 1.29 is 27.5 Å². The lowest BCUT2D eigenvalue weighted by Crippen LogP contribution is -2.21. The average Bonchev–Trinajstić information content (AvgIpc) is 2.38. The maximum Gasteiger partial charge on any atom is 0.490 e. The third kappa shape index (κ3) is 5.47. The van der Waals surface area contributed by atoms with Gasteiger partial charge in [-0.1, -0.05) is 12.1 Å². The molecule has 0 saturated heterocycles. The van der Waals surface area contributed by atoms with Crippen LogP contribution >= 0.6 is 0 Å². The van der Waals surface area contributed by atoms with Gasteiger partial charge in [0.15, 0.2) is 0 Å². The van der Waals surface area contributed by atoms with E-state index in [4.69, 9.17) is 15.6 Å². The number of alkyl halides is 3. The molecule has 0 saturated carbocycles. The second kappa shape index (κ2) is 6.69. The SMILES string of the molecule is Nc1cccc(-c2ccnc(F)c2)c1.O=C(O)C(F)(F)F. The Balaban J connectivity index is 0.000000270. The van der Waals surface area contributed by atoms with Crippen molar-refractivity contribution in [1.29, 1.82) is 0 Å². The first kappa shape index (κ1) is 16.4. The molecule has 0 spiro atoms. The van der Waals surface area contributed by atoms with Crippen molar-refractivity contribution in [3.63, 3.8) is 0 Å². The first-order valence-electron chi connectivity index (χ1n) is 5.47. The van der Waals surface area contributed by atoms with E-state index < -0.39 is 18.1 Å². The zero-order valence-electron chi connectivity index (χ0n) is 10.4. The monoisotopic (exact) mass is 302 g/mol. The van der Waals surface area contributed by atoms with Crippen molar-refractivity contribution in [3.8, 4) is 11.1 Å². The average molecular weight is 302 g/mol. The predicted molar refractivity (Wildman–Crippen MR) is 67.7 cm³/mol. The molecule has 1 aromatic heterocycles. The number of rotatable bonds is 1. The molecular formula is C13H10F4N2O2. The highest BCUT2D eigenvalue weighted by atomic mass is 19.4. The van der Waals surface area contributed by atoms with Gasteiger partial charge in [0.2, 0.25) is 5.95 Å². The number of halogens is 4. The molecule has 0 aliphatic heterocycles. The molecule has 3 N–H and O–H groups in total. The summed E-state index contributed by atoms with van der Waals surface area (Å²) in [5, 5.41) is 7.12. The van der Waals surface area contributed by atoms with E-state index >= 15 is 0 Å². The third-order valence-electron chi connectivity index (χ3n) is 2.19. The number of hydrogen-bond donors (Lipinski definition) is 2. The highest BCUT2D eigenvalue weighted by Gasteiger charge is 2.38. The van der Waals surface area contributed by atoms with Gasteiger partial charge in [-0.05, 0) is 29.3 Å². The van der Waals surface area contributed by atoms with Gasteiger partial charge < -0.3 is 10.8 Å². The van der Waals surface area contributed by atoms with Gasteiger partial charge in [-0.25, -0.2) is 9.78 Å². The summed E-state index contributed by atoms with van der Waals surface area (Å²) in [4.78, 5) is 12.4. The normalized spacial score (nSPS) is 10.5. The molecule has 2 rings (SSSR count). The standard InChI is InChI=1S/C11H9FN2.C2HF3O2/c12-11-7-9(4-5-14-11)8-2-1-3-10(13)6-8;3-2(4,5)1(6)7/h1-7H,13H2;(H,6,7). The molecule has 0 radical (unpaired) electrons. The Bertz CT molecular complexity index is 586. The number of hydrogen-bond acceptors (Lipinski definition) is 3. The van der Waals surface area contributed by atoms with Gasteiger partial charge in [0.25, 0.3) is 0 Å². The van der Waals surface area contributed by atoms with Gasteiger partial charge in [-0.15, -0.1) is 0 Å². The predicted octanol–water partition coefficient (Wildman–Crippen LogP) is 3.10. The molecule has 0 atom stereocenters. The van der Waals surface area contributed by atoms with Crippen LogP contribution in [-0.4, -0.2) is 22.2 Å². The van der Waals surface area contributed by atoms with Gasteiger partial charge in [0, 0.05) is 18.0 Å². The summed E-state index contributed by atoms with van der Waals surface area (Å²) in [7, 11) is 0. The smallest absolute Gasteiger partial charge is 0.475 e. The van der Waals surface area contributed by atoms with Crippen molar-refractivity contribution in [3.05, 3.63) is 48.5 Å². The summed E-state index contributed by atoms with van der Waals surface area (Å²) in [5.41, 5.74) is 7.97. The maximum absolute atomic E-state index is 12.8. The number of benzene rings is 1. The fraction of sp³-hybridized carbons (Fsp3) is 0.0769. The van der Waals surface area contributed by atoms with Gasteiger partial charge in [0.1, 0.15) is 0 Å². The summed E-state index contributed by atoms with van der Waals surface area (Å²) in [6, 6.07) is 10.4. The van der Waals surface area contributed by atoms with Crippen molar-refractivity contribution in [2.24, 2.45) is 0 Å². The second-order valence-electron chi connectivity index (χ2n) is 3.80. The Morgan fingerprint density at radius 2 is 1.71 bits per heavy atom. The molecule has 4 nitrogen and oxygen atoms in total. The minimum absolute atomic E-state index is 0.482. The summed E-state index contributed by atoms with van der Waals surface area (Å²) in [5.74, 6) is -3.24. The Hall–Kier alpha value is -2.64. The van der Waals surface area contributed by atoms with Gasteiger partial charge in [-0.3, -0.25) is 0 Å². The number of nitrogen functional groups attached to an aromatic ring is 1. The summed E-state index contributed by atoms with van der Waals surface area (Å²) >= 11 is 0. The fourth-order valence-corrected chi connectivity index (χ4v) is 1.30. The van der Waals surface area contributed by atoms with Crippen LogP contribution < -0.4 is 5.73 Å². The van der Waals surface area contributed by atoms with Crippen LogP contribution in [-0.2, 0) is 4.79 Å². The zero-order valence-corrected chi connectivity index (χ0v) is 10.4. The Labute approximate surface area is 116 Å². The number of carbonyl (C=O) groups is 1. The molecule has 1 heterocycles. The molecule has 0 bridgehead atoms. The second-order valence-corrected chi connectivity index (χ2v) is 3.80. The van der Waals surface area contributed by atoms with E-state index in [1.807, 2.05) is 12.1 Å². The first-order chi connectivity index (χ1) is 9.70. The number of pyridine rings is 1. The minimum atomic E-state index is -5.08. The number of carboxylic acids is 1. The van der Waals surface area contributed by atoms with Crippen molar-refractivity contribution in [2.75, 3.05) is 5.73 Å². The fourth-order valence-electron chi connectivity index (χ4n) is 1.30. The molecule has 0 fully saturated rings. The molecule has 0 unspecified atom stereocenters. The molecule has 112 valence electrons. The highest BCUT2D eigenvalue weighted by Crippen LogP contribution is 2.20. The van der Waals surface area contributed by atoms with Crippen LogP contribution in [0.2, 0.25) is 0 Å². The highest BCUT2D eigenvalue weighted by molar-refractivity contribution is 5.73. The molecular weight excluding hydrogens is 292 g/mol. The summed E-state index contributed by atoms with van der Waals surface area (Å²) in [6.45, 7) is 0. The van der Waals surface area contributed by atoms with Crippen LogP contribution in [0, 0.1) is 5.95 Å². The molecule has 0 aliphatic rings. The molecule has 0 aliphatic carbocycles. The van der Waals surface area contributed by atoms with E-state index in [0.29, 0.717) is 5.69 Å². The van der Waals surface area contributed by atoms with Crippen LogP contribution in [0.15, 0.2) is 42.6 Å². The lowest BCUT2D eigenvalue weighted by molar-refractivity contribution is -0.192. The van der Waals surface area contributed by atoms with Crippen LogP contribution in [0.5, 0.6) is 0 Å². The molecule has 1 aromatic carbocycles. The van der Waals surface area contributed by atoms with E-state index in [0.717, 1.165) is 11.1 Å². The first-order valence-corrected chi connectivity index (χ1v) is 5.47. The zero-order chi connectivity index (χ0) is 16.0. The molecule has 0 amide bonds. The largest absolute Gasteiger partial charge is 0.490 e. The molecule has 8 heteroatoms. The van der Waals surface area contributed by atoms with E-state index in [2.05, 4.69) is 4.98 Å². The van der Waals surface area contributed by atoms with E-state index in [-0.39, 0.29) is 0 Å². The Kier molecular flexibility index (Phi) is 5.23.